The Balaban J connectivity index is 2.30. The van der Waals surface area contributed by atoms with Crippen LogP contribution in [0.4, 0.5) is 0 Å². The number of amides is 1. The van der Waals surface area contributed by atoms with Crippen LogP contribution in [0.25, 0.3) is 11.0 Å². The second-order valence-corrected chi connectivity index (χ2v) is 12.7. The van der Waals surface area contributed by atoms with Crippen molar-refractivity contribution in [1.29, 1.82) is 0 Å². The molecule has 0 spiro atoms. The van der Waals surface area contributed by atoms with Gasteiger partial charge in [0.05, 0.1) is 25.3 Å². The van der Waals surface area contributed by atoms with Gasteiger partial charge in [-0.3, -0.25) is 14.2 Å². The summed E-state index contributed by atoms with van der Waals surface area (Å²) in [5.74, 6) is -0.264. The number of benzene rings is 1. The summed E-state index contributed by atoms with van der Waals surface area (Å²) in [6, 6.07) is 6.95. The molecular formula is C17H27N3O4Si. The van der Waals surface area contributed by atoms with E-state index in [2.05, 4.69) is 24.6 Å². The zero-order valence-electron chi connectivity index (χ0n) is 15.8. The van der Waals surface area contributed by atoms with Gasteiger partial charge in [0.25, 0.3) is 11.9 Å². The first-order chi connectivity index (χ1) is 11.8. The molecule has 0 aliphatic carbocycles. The molecule has 7 nitrogen and oxygen atoms in total. The largest absolute Gasteiger partial charge is 0.468 e. The van der Waals surface area contributed by atoms with E-state index in [0.29, 0.717) is 30.4 Å². The fourth-order valence-electron chi connectivity index (χ4n) is 2.37. The van der Waals surface area contributed by atoms with Crippen molar-refractivity contribution in [2.45, 2.75) is 32.4 Å². The number of methoxy groups -OCH3 is 1. The number of ether oxygens (including phenoxy) is 2. The second kappa shape index (κ2) is 7.98. The maximum Gasteiger partial charge on any atom is 0.299 e. The zero-order valence-corrected chi connectivity index (χ0v) is 16.8. The van der Waals surface area contributed by atoms with E-state index in [0.717, 1.165) is 11.6 Å². The van der Waals surface area contributed by atoms with Gasteiger partial charge in [0, 0.05) is 21.7 Å². The van der Waals surface area contributed by atoms with Gasteiger partial charge in [0.2, 0.25) is 0 Å². The molecule has 25 heavy (non-hydrogen) atoms. The third kappa shape index (κ3) is 4.59. The average molecular weight is 366 g/mol. The Morgan fingerprint density at radius 3 is 2.60 bits per heavy atom. The highest BCUT2D eigenvalue weighted by molar-refractivity contribution is 6.76. The number of imidazole rings is 1. The summed E-state index contributed by atoms with van der Waals surface area (Å²) >= 11 is 0. The van der Waals surface area contributed by atoms with Crippen molar-refractivity contribution in [2.75, 3.05) is 27.9 Å². The van der Waals surface area contributed by atoms with Crippen molar-refractivity contribution in [3.63, 3.8) is 0 Å². The molecule has 0 atom stereocenters. The summed E-state index contributed by atoms with van der Waals surface area (Å²) in [7, 11) is 3.43. The summed E-state index contributed by atoms with van der Waals surface area (Å²) in [5.41, 5.74) is 1.82. The van der Waals surface area contributed by atoms with E-state index in [9.17, 15) is 4.79 Å². The minimum Gasteiger partial charge on any atom is -0.468 e. The van der Waals surface area contributed by atoms with Crippen LogP contribution in [0.15, 0.2) is 18.2 Å². The minimum absolute atomic E-state index is 0.264. The minimum atomic E-state index is -1.14. The Morgan fingerprint density at radius 2 is 2.00 bits per heavy atom. The first kappa shape index (κ1) is 19.4. The van der Waals surface area contributed by atoms with Crippen LogP contribution in [-0.4, -0.2) is 56.5 Å². The van der Waals surface area contributed by atoms with Crippen molar-refractivity contribution in [3.8, 4) is 6.01 Å². The van der Waals surface area contributed by atoms with Crippen molar-refractivity contribution in [3.05, 3.63) is 23.8 Å². The second-order valence-electron chi connectivity index (χ2n) is 7.03. The molecular weight excluding hydrogens is 338 g/mol. The SMILES string of the molecule is COc1nc2c(C(=O)N(C)OC)cccc2n1COCC[Si](C)(C)C. The molecule has 1 heterocycles. The number of nitrogens with zero attached hydrogens (tertiary/aromatic N) is 3. The molecule has 138 valence electrons. The lowest BCUT2D eigenvalue weighted by Crippen LogP contribution is -2.25. The molecule has 1 aromatic heterocycles. The lowest BCUT2D eigenvalue weighted by atomic mass is 10.1. The number of para-hydroxylation sites is 1. The molecule has 0 radical (unpaired) electrons. The van der Waals surface area contributed by atoms with Crippen molar-refractivity contribution in [2.24, 2.45) is 0 Å². The molecule has 0 fully saturated rings. The highest BCUT2D eigenvalue weighted by Crippen LogP contribution is 2.25. The summed E-state index contributed by atoms with van der Waals surface area (Å²) in [6.45, 7) is 7.97. The molecule has 0 aliphatic heterocycles. The lowest BCUT2D eigenvalue weighted by molar-refractivity contribution is -0.0755. The summed E-state index contributed by atoms with van der Waals surface area (Å²) < 4.78 is 13.0. The molecule has 2 rings (SSSR count). The Morgan fingerprint density at radius 1 is 1.28 bits per heavy atom. The van der Waals surface area contributed by atoms with E-state index in [1.807, 2.05) is 16.7 Å². The first-order valence-corrected chi connectivity index (χ1v) is 11.9. The molecule has 0 saturated carbocycles. The molecule has 0 aliphatic rings. The predicted molar refractivity (Wildman–Crippen MR) is 99.5 cm³/mol. The van der Waals surface area contributed by atoms with Crippen LogP contribution in [0.2, 0.25) is 25.7 Å². The van der Waals surface area contributed by atoms with Gasteiger partial charge in [-0.15, -0.1) is 0 Å². The van der Waals surface area contributed by atoms with E-state index in [1.165, 1.54) is 12.2 Å². The monoisotopic (exact) mass is 365 g/mol. The summed E-state index contributed by atoms with van der Waals surface area (Å²) in [5, 5.41) is 1.17. The highest BCUT2D eigenvalue weighted by atomic mass is 28.3. The number of fused-ring (bicyclic) bond motifs is 1. The van der Waals surface area contributed by atoms with Crippen LogP contribution in [0.1, 0.15) is 10.4 Å². The number of hydrogen-bond donors (Lipinski definition) is 0. The molecule has 0 N–H and O–H groups in total. The number of rotatable bonds is 8. The molecule has 8 heteroatoms. The molecule has 0 bridgehead atoms. The van der Waals surface area contributed by atoms with Crippen molar-refractivity contribution < 1.29 is 19.1 Å². The highest BCUT2D eigenvalue weighted by Gasteiger charge is 2.20. The topological polar surface area (TPSA) is 65.8 Å². The average Bonchev–Trinajstić information content (AvgIpc) is 2.94. The van der Waals surface area contributed by atoms with E-state index in [1.54, 1.807) is 20.2 Å². The third-order valence-electron chi connectivity index (χ3n) is 3.93. The van der Waals surface area contributed by atoms with Gasteiger partial charge >= 0.3 is 0 Å². The number of aromatic nitrogens is 2. The Bertz CT molecular complexity index is 739. The molecule has 0 saturated heterocycles. The van der Waals surface area contributed by atoms with E-state index >= 15 is 0 Å². The van der Waals surface area contributed by atoms with Gasteiger partial charge < -0.3 is 9.47 Å². The van der Waals surface area contributed by atoms with Gasteiger partial charge in [-0.05, 0) is 18.2 Å². The van der Waals surface area contributed by atoms with Crippen molar-refractivity contribution >= 4 is 25.0 Å². The number of carbonyl (C=O) groups excluding carboxylic acids is 1. The predicted octanol–water partition coefficient (Wildman–Crippen LogP) is 2.99. The Hall–Kier alpha value is -1.90. The van der Waals surface area contributed by atoms with Gasteiger partial charge in [-0.1, -0.05) is 25.7 Å². The Kier molecular flexibility index (Phi) is 6.20. The molecule has 1 amide bonds. The maximum atomic E-state index is 12.5. The van der Waals surface area contributed by atoms with E-state index in [-0.39, 0.29) is 5.91 Å². The quantitative estimate of drug-likeness (QED) is 0.409. The molecule has 1 aromatic carbocycles. The van der Waals surface area contributed by atoms with E-state index in [4.69, 9.17) is 14.3 Å². The van der Waals surface area contributed by atoms with Crippen LogP contribution in [0.3, 0.4) is 0 Å². The van der Waals surface area contributed by atoms with Crippen LogP contribution in [-0.2, 0) is 16.3 Å². The molecule has 2 aromatic rings. The first-order valence-electron chi connectivity index (χ1n) is 8.21. The van der Waals surface area contributed by atoms with Crippen LogP contribution in [0, 0.1) is 0 Å². The van der Waals surface area contributed by atoms with Crippen LogP contribution >= 0.6 is 0 Å². The standard InChI is InChI=1S/C17H27N3O4Si/c1-19(23-3)16(21)13-8-7-9-14-15(13)18-17(22-2)20(14)12-24-10-11-25(4,5)6/h7-9H,10-12H2,1-6H3. The maximum absolute atomic E-state index is 12.5. The summed E-state index contributed by atoms with van der Waals surface area (Å²) in [6.07, 6.45) is 0. The number of hydrogen-bond acceptors (Lipinski definition) is 5. The van der Waals surface area contributed by atoms with Gasteiger partial charge in [0.15, 0.2) is 0 Å². The van der Waals surface area contributed by atoms with Gasteiger partial charge in [-0.25, -0.2) is 5.06 Å². The fourth-order valence-corrected chi connectivity index (χ4v) is 3.12. The fraction of sp³-hybridized carbons (Fsp3) is 0.529. The molecule has 0 unspecified atom stereocenters. The lowest BCUT2D eigenvalue weighted by Gasteiger charge is -2.16. The summed E-state index contributed by atoms with van der Waals surface area (Å²) in [4.78, 5) is 21.9. The normalized spacial score (nSPS) is 11.8. The van der Waals surface area contributed by atoms with E-state index < -0.39 is 8.07 Å². The zero-order chi connectivity index (χ0) is 18.6. The van der Waals surface area contributed by atoms with Gasteiger partial charge in [0.1, 0.15) is 12.2 Å². The van der Waals surface area contributed by atoms with Crippen molar-refractivity contribution in [1.82, 2.24) is 14.6 Å². The number of carbonyl (C=O) groups is 1. The number of hydroxylamine groups is 2. The van der Waals surface area contributed by atoms with Crippen LogP contribution < -0.4 is 4.74 Å². The van der Waals surface area contributed by atoms with Crippen LogP contribution in [0.5, 0.6) is 6.01 Å². The Labute approximate surface area is 149 Å². The van der Waals surface area contributed by atoms with Gasteiger partial charge in [-0.2, -0.15) is 4.98 Å². The smallest absolute Gasteiger partial charge is 0.299 e. The third-order valence-corrected chi connectivity index (χ3v) is 5.64.